The van der Waals surface area contributed by atoms with Crippen LogP contribution >= 0.6 is 0 Å². The molecule has 4 aliphatic carbocycles. The first-order valence-electron chi connectivity index (χ1n) is 30.5. The third kappa shape index (κ3) is 12.2. The van der Waals surface area contributed by atoms with E-state index in [1.807, 2.05) is 6.92 Å². The van der Waals surface area contributed by atoms with Crippen LogP contribution in [-0.2, 0) is 52.1 Å². The van der Waals surface area contributed by atoms with E-state index < -0.39 is 192 Å². The fraction of sp³-hybridized carbons (Fsp3) is 0.965. The zero-order chi connectivity index (χ0) is 61.5. The average molecular weight is 1230 g/mol. The number of aliphatic hydroxyl groups excluding tert-OH is 16. The van der Waals surface area contributed by atoms with Crippen LogP contribution in [-0.4, -0.2) is 291 Å². The molecule has 0 spiro atoms. The van der Waals surface area contributed by atoms with Gasteiger partial charge in [0.1, 0.15) is 116 Å². The van der Waals surface area contributed by atoms with Crippen LogP contribution in [0.2, 0.25) is 0 Å². The number of hydrogen-bond acceptors (Lipinski definition) is 28. The highest BCUT2D eigenvalue weighted by Gasteiger charge is 2.68. The van der Waals surface area contributed by atoms with Gasteiger partial charge in [0, 0.05) is 12.3 Å². The molecule has 85 heavy (non-hydrogen) atoms. The van der Waals surface area contributed by atoms with Crippen LogP contribution in [0.1, 0.15) is 92.4 Å². The maximum Gasteiger partial charge on any atom is 0.187 e. The fourth-order valence-electron chi connectivity index (χ4n) is 16.5. The highest BCUT2D eigenvalue weighted by Crippen LogP contribution is 2.70. The first-order chi connectivity index (χ1) is 40.2. The molecular weight excluding hydrogens is 1130 g/mol. The number of hydrogen-bond donors (Lipinski definition) is 17. The number of rotatable bonds is 18. The molecule has 6 saturated heterocycles. The minimum absolute atomic E-state index is 0.0987. The van der Waals surface area contributed by atoms with Crippen molar-refractivity contribution in [2.75, 3.05) is 33.0 Å². The summed E-state index contributed by atoms with van der Waals surface area (Å²) >= 11 is 0. The van der Waals surface area contributed by atoms with Crippen molar-refractivity contribution >= 4 is 0 Å². The molecular formula is C57H94O28. The van der Waals surface area contributed by atoms with E-state index in [-0.39, 0.29) is 41.3 Å². The standard InChI is InChI=1S/C57H94O28/c1-21(20-75-50-42(69)40(67)36(63)30(16-58)78-50)8-13-57(74)22(2)34-29(85-57)15-28-26-7-6-24-14-25(9-11-55(24,4)27(26)10-12-56(28,34)5)77-54-49(84-51-43(70)39(66)35(62)23(3)76-51)45(72)47(33(19-61)81-54)82-53-46(73)48(38(65)32(18-60)80-53)83-52-44(71)41(68)37(64)31(17-59)79-52/h14,21-23,25-54,58-74H,6-13,15-20H2,1-5H3/t21-,22-,23-,25-,26+,27-,28-,29-,30+,31+,32+,33+,34-,35-,36+,37+,38+,39+,40-,41-,42+,43+,44+,45-,46+,47+,48-,49+,50+,51-,52-,53-,54+,55-,56-,57+/m0/s1. The van der Waals surface area contributed by atoms with E-state index in [0.717, 1.165) is 38.5 Å². The van der Waals surface area contributed by atoms with Crippen LogP contribution in [0.3, 0.4) is 0 Å². The molecule has 0 unspecified atom stereocenters. The van der Waals surface area contributed by atoms with E-state index in [0.29, 0.717) is 37.0 Å². The Bertz CT molecular complexity index is 2240. The summed E-state index contributed by atoms with van der Waals surface area (Å²) in [4.78, 5) is 0. The van der Waals surface area contributed by atoms with Gasteiger partial charge in [-0.05, 0) is 98.7 Å². The Morgan fingerprint density at radius 2 is 1.08 bits per heavy atom. The summed E-state index contributed by atoms with van der Waals surface area (Å²) < 4.78 is 66.2. The van der Waals surface area contributed by atoms with Gasteiger partial charge in [-0.2, -0.15) is 0 Å². The minimum Gasteiger partial charge on any atom is -0.394 e. The Hall–Kier alpha value is -1.38. The summed E-state index contributed by atoms with van der Waals surface area (Å²) in [6.07, 6.45) is -33.3. The number of ether oxygens (including phenoxy) is 11. The lowest BCUT2D eigenvalue weighted by Crippen LogP contribution is -2.68. The molecule has 0 aromatic heterocycles. The van der Waals surface area contributed by atoms with Crippen molar-refractivity contribution in [3.63, 3.8) is 0 Å². The second-order valence-electron chi connectivity index (χ2n) is 26.6. The monoisotopic (exact) mass is 1230 g/mol. The Balaban J connectivity index is 0.806. The molecule has 6 heterocycles. The van der Waals surface area contributed by atoms with Crippen LogP contribution in [0.5, 0.6) is 0 Å². The molecule has 9 fully saturated rings. The van der Waals surface area contributed by atoms with Crippen LogP contribution in [0.15, 0.2) is 11.6 Å². The van der Waals surface area contributed by atoms with Crippen molar-refractivity contribution in [2.24, 2.45) is 46.3 Å². The van der Waals surface area contributed by atoms with Crippen molar-refractivity contribution in [2.45, 2.75) is 264 Å². The Morgan fingerprint density at radius 1 is 0.541 bits per heavy atom. The number of allylic oxidation sites excluding steroid dienone is 1. The molecule has 6 aliphatic heterocycles. The fourth-order valence-corrected chi connectivity index (χ4v) is 16.5. The van der Waals surface area contributed by atoms with E-state index >= 15 is 0 Å². The Labute approximate surface area is 492 Å². The summed E-state index contributed by atoms with van der Waals surface area (Å²) in [5, 5.41) is 183. The van der Waals surface area contributed by atoms with Crippen LogP contribution < -0.4 is 0 Å². The number of aliphatic hydroxyl groups is 17. The molecule has 10 rings (SSSR count). The summed E-state index contributed by atoms with van der Waals surface area (Å²) in [6.45, 7) is 7.17. The maximum atomic E-state index is 12.4. The summed E-state index contributed by atoms with van der Waals surface area (Å²) in [5.74, 6) is -0.488. The summed E-state index contributed by atoms with van der Waals surface area (Å²) in [6, 6.07) is 0. The van der Waals surface area contributed by atoms with Crippen LogP contribution in [0.4, 0.5) is 0 Å². The van der Waals surface area contributed by atoms with Gasteiger partial charge < -0.3 is 139 Å². The van der Waals surface area contributed by atoms with Gasteiger partial charge in [0.2, 0.25) is 0 Å². The van der Waals surface area contributed by atoms with Crippen LogP contribution in [0.25, 0.3) is 0 Å². The summed E-state index contributed by atoms with van der Waals surface area (Å²) in [7, 11) is 0. The predicted molar refractivity (Wildman–Crippen MR) is 283 cm³/mol. The van der Waals surface area contributed by atoms with E-state index in [1.54, 1.807) is 0 Å². The van der Waals surface area contributed by atoms with Gasteiger partial charge in [0.05, 0.1) is 51.3 Å². The predicted octanol–water partition coefficient (Wildman–Crippen LogP) is -5.18. The van der Waals surface area contributed by atoms with Gasteiger partial charge in [-0.25, -0.2) is 0 Å². The topological polar surface area (TPSA) is 445 Å². The quantitative estimate of drug-likeness (QED) is 0.0571. The van der Waals surface area contributed by atoms with Gasteiger partial charge in [-0.15, -0.1) is 0 Å². The van der Waals surface area contributed by atoms with E-state index in [9.17, 15) is 86.8 Å². The third-order valence-corrected chi connectivity index (χ3v) is 21.6. The molecule has 0 bridgehead atoms. The van der Waals surface area contributed by atoms with Crippen molar-refractivity contribution < 1.29 is 139 Å². The average Bonchev–Trinajstić information content (AvgIpc) is 1.60. The van der Waals surface area contributed by atoms with Gasteiger partial charge >= 0.3 is 0 Å². The highest BCUT2D eigenvalue weighted by molar-refractivity contribution is 5.26. The van der Waals surface area contributed by atoms with Crippen molar-refractivity contribution in [1.29, 1.82) is 0 Å². The molecule has 0 amide bonds. The molecule has 0 radical (unpaired) electrons. The first kappa shape index (κ1) is 66.5. The Morgan fingerprint density at radius 3 is 1.72 bits per heavy atom. The zero-order valence-corrected chi connectivity index (χ0v) is 48.6. The summed E-state index contributed by atoms with van der Waals surface area (Å²) in [5.41, 5.74) is 0.889. The molecule has 0 aromatic carbocycles. The van der Waals surface area contributed by atoms with E-state index in [4.69, 9.17) is 52.1 Å². The Kier molecular flexibility index (Phi) is 20.6. The zero-order valence-electron chi connectivity index (χ0n) is 48.6. The molecule has 490 valence electrons. The maximum absolute atomic E-state index is 12.4. The van der Waals surface area contributed by atoms with Crippen LogP contribution in [0, 0.1) is 46.3 Å². The van der Waals surface area contributed by atoms with Crippen molar-refractivity contribution in [1.82, 2.24) is 0 Å². The third-order valence-electron chi connectivity index (χ3n) is 21.6. The van der Waals surface area contributed by atoms with Gasteiger partial charge in [-0.3, -0.25) is 0 Å². The lowest BCUT2D eigenvalue weighted by atomic mass is 9.46. The van der Waals surface area contributed by atoms with Gasteiger partial charge in [0.25, 0.3) is 0 Å². The van der Waals surface area contributed by atoms with Gasteiger partial charge in [-0.1, -0.05) is 39.3 Å². The largest absolute Gasteiger partial charge is 0.394 e. The second kappa shape index (κ2) is 26.3. The highest BCUT2D eigenvalue weighted by atomic mass is 16.8. The molecule has 10 aliphatic rings. The molecule has 28 nitrogen and oxygen atoms in total. The van der Waals surface area contributed by atoms with Crippen molar-refractivity contribution in [3.8, 4) is 0 Å². The number of fused-ring (bicyclic) bond motifs is 7. The SMILES string of the molecule is C[C@@H](CC[C@@]1(O)O[C@H]2C[C@H]3[C@@H]4CCC5=C[C@@H](O[C@@H]6O[C@H](CO)[C@@H](O[C@@H]7O[C@H](CO)[C@@H](O)[C@H](O[C@@H]8O[C@H](CO)[C@@H](O)[C@H](O)[C@H]8O)[C@H]7O)[C@H](O)[C@H]6O[C@@H]6O[C@@H](C)[C@H](O)[C@@H](O)[C@H]6O)CC[C@]5(C)[C@H]4CC[C@]3(C)[C@H]2[C@@H]1C)CO[C@@H]1O[C@H](CO)[C@@H](O)[C@H](O)[C@H]1O. The van der Waals surface area contributed by atoms with E-state index in [2.05, 4.69) is 26.8 Å². The smallest absolute Gasteiger partial charge is 0.187 e. The first-order valence-corrected chi connectivity index (χ1v) is 30.5. The normalized spacial score (nSPS) is 54.8. The van der Waals surface area contributed by atoms with Gasteiger partial charge in [0.15, 0.2) is 37.2 Å². The molecule has 28 heteroatoms. The molecule has 36 atom stereocenters. The van der Waals surface area contributed by atoms with E-state index in [1.165, 1.54) is 12.5 Å². The minimum atomic E-state index is -2.04. The lowest BCUT2D eigenvalue weighted by Gasteiger charge is -2.59. The van der Waals surface area contributed by atoms with Crippen molar-refractivity contribution in [3.05, 3.63) is 11.6 Å². The molecule has 17 N–H and O–H groups in total. The lowest BCUT2D eigenvalue weighted by molar-refractivity contribution is -0.395. The molecule has 3 saturated carbocycles. The second-order valence-corrected chi connectivity index (χ2v) is 26.6. The molecule has 0 aromatic rings.